The number of rotatable bonds is 3. The third-order valence-corrected chi connectivity index (χ3v) is 3.05. The maximum absolute atomic E-state index is 4.45. The predicted molar refractivity (Wildman–Crippen MR) is 84.1 cm³/mol. The van der Waals surface area contributed by atoms with E-state index < -0.39 is 0 Å². The molecule has 2 heterocycles. The van der Waals surface area contributed by atoms with Crippen molar-refractivity contribution in [3.63, 3.8) is 0 Å². The van der Waals surface area contributed by atoms with Gasteiger partial charge in [0.2, 0.25) is 0 Å². The molecule has 1 aromatic rings. The van der Waals surface area contributed by atoms with Gasteiger partial charge < -0.3 is 15.1 Å². The van der Waals surface area contributed by atoms with E-state index in [1.165, 1.54) is 5.69 Å². The van der Waals surface area contributed by atoms with E-state index in [0.717, 1.165) is 32.0 Å². The quantitative estimate of drug-likeness (QED) is 0.909. The van der Waals surface area contributed by atoms with Crippen molar-refractivity contribution in [1.82, 2.24) is 9.88 Å². The average Bonchev–Trinajstić information content (AvgIpc) is 2.42. The number of anilines is 2. The number of aromatic nitrogens is 1. The Morgan fingerprint density at radius 3 is 2.21 bits per heavy atom. The fourth-order valence-corrected chi connectivity index (χ4v) is 2.02. The van der Waals surface area contributed by atoms with Crippen molar-refractivity contribution < 1.29 is 0 Å². The van der Waals surface area contributed by atoms with Gasteiger partial charge in [0.15, 0.2) is 0 Å². The first-order chi connectivity index (χ1) is 9.15. The minimum atomic E-state index is 0.428. The molecule has 0 saturated carbocycles. The van der Waals surface area contributed by atoms with Gasteiger partial charge in [0.25, 0.3) is 0 Å². The van der Waals surface area contributed by atoms with Crippen LogP contribution in [0.3, 0.4) is 0 Å². The minimum Gasteiger partial charge on any atom is -0.368 e. The molecule has 0 unspecified atom stereocenters. The highest BCUT2D eigenvalue weighted by molar-refractivity contribution is 5.50. The number of hydrogen-bond donors (Lipinski definition) is 1. The van der Waals surface area contributed by atoms with Gasteiger partial charge in [-0.3, -0.25) is 0 Å². The molecule has 4 nitrogen and oxygen atoms in total. The smallest absolute Gasteiger partial charge is 0.126 e. The molecule has 1 N–H and O–H groups in total. The lowest BCUT2D eigenvalue weighted by molar-refractivity contribution is 0.313. The second kappa shape index (κ2) is 8.00. The summed E-state index contributed by atoms with van der Waals surface area (Å²) in [5.41, 5.74) is 1.23. The number of hydrogen-bond acceptors (Lipinski definition) is 4. The van der Waals surface area contributed by atoms with E-state index in [9.17, 15) is 0 Å². The van der Waals surface area contributed by atoms with Crippen LogP contribution in [0.5, 0.6) is 0 Å². The highest BCUT2D eigenvalue weighted by Crippen LogP contribution is 2.17. The molecule has 0 aliphatic carbocycles. The van der Waals surface area contributed by atoms with Crippen LogP contribution in [0.15, 0.2) is 18.3 Å². The third-order valence-electron chi connectivity index (χ3n) is 3.05. The SMILES string of the molecule is CC.CC(C)Nc1ccc(N2CCN(C)CC2)cn1. The van der Waals surface area contributed by atoms with Gasteiger partial charge in [-0.15, -0.1) is 0 Å². The van der Waals surface area contributed by atoms with Crippen LogP contribution in [-0.2, 0) is 0 Å². The number of likely N-dealkylation sites (N-methyl/N-ethyl adjacent to an activating group) is 1. The molecule has 1 saturated heterocycles. The Balaban J connectivity index is 0.000000861. The number of piperazine rings is 1. The first-order valence-electron chi connectivity index (χ1n) is 7.31. The van der Waals surface area contributed by atoms with Crippen molar-refractivity contribution in [3.05, 3.63) is 18.3 Å². The van der Waals surface area contributed by atoms with E-state index in [0.29, 0.717) is 6.04 Å². The van der Waals surface area contributed by atoms with Gasteiger partial charge >= 0.3 is 0 Å². The molecule has 1 fully saturated rings. The van der Waals surface area contributed by atoms with E-state index in [2.05, 4.69) is 53.1 Å². The summed E-state index contributed by atoms with van der Waals surface area (Å²) in [6, 6.07) is 4.65. The van der Waals surface area contributed by atoms with Crippen molar-refractivity contribution in [2.45, 2.75) is 33.7 Å². The molecule has 0 atom stereocenters. The Labute approximate surface area is 117 Å². The summed E-state index contributed by atoms with van der Waals surface area (Å²) < 4.78 is 0. The summed E-state index contributed by atoms with van der Waals surface area (Å²) in [4.78, 5) is 9.20. The van der Waals surface area contributed by atoms with Crippen LogP contribution in [0.4, 0.5) is 11.5 Å². The lowest BCUT2D eigenvalue weighted by Crippen LogP contribution is -2.44. The molecular formula is C15H28N4. The van der Waals surface area contributed by atoms with Gasteiger partial charge in [-0.2, -0.15) is 0 Å². The lowest BCUT2D eigenvalue weighted by atomic mass is 10.3. The monoisotopic (exact) mass is 264 g/mol. The number of nitrogens with zero attached hydrogens (tertiary/aromatic N) is 3. The third kappa shape index (κ3) is 5.07. The lowest BCUT2D eigenvalue weighted by Gasteiger charge is -2.33. The second-order valence-electron chi connectivity index (χ2n) is 4.99. The zero-order valence-electron chi connectivity index (χ0n) is 13.0. The molecule has 0 spiro atoms. The summed E-state index contributed by atoms with van der Waals surface area (Å²) >= 11 is 0. The molecule has 1 aliphatic rings. The van der Waals surface area contributed by atoms with Crippen molar-refractivity contribution in [3.8, 4) is 0 Å². The van der Waals surface area contributed by atoms with Crippen molar-refractivity contribution >= 4 is 11.5 Å². The van der Waals surface area contributed by atoms with Crippen molar-refractivity contribution in [2.75, 3.05) is 43.4 Å². The molecule has 2 rings (SSSR count). The Morgan fingerprint density at radius 1 is 1.11 bits per heavy atom. The summed E-state index contributed by atoms with van der Waals surface area (Å²) in [6.45, 7) is 12.7. The van der Waals surface area contributed by atoms with Crippen LogP contribution in [0.25, 0.3) is 0 Å². The van der Waals surface area contributed by atoms with E-state index in [-0.39, 0.29) is 0 Å². The fraction of sp³-hybridized carbons (Fsp3) is 0.667. The maximum atomic E-state index is 4.45. The topological polar surface area (TPSA) is 31.4 Å². The largest absolute Gasteiger partial charge is 0.368 e. The van der Waals surface area contributed by atoms with Crippen molar-refractivity contribution in [1.29, 1.82) is 0 Å². The Kier molecular flexibility index (Phi) is 6.64. The maximum Gasteiger partial charge on any atom is 0.126 e. The minimum absolute atomic E-state index is 0.428. The second-order valence-corrected chi connectivity index (χ2v) is 4.99. The summed E-state index contributed by atoms with van der Waals surface area (Å²) in [7, 11) is 2.17. The van der Waals surface area contributed by atoms with Crippen LogP contribution in [0, 0.1) is 0 Å². The predicted octanol–water partition coefficient (Wildman–Crippen LogP) is 2.68. The molecule has 108 valence electrons. The molecule has 19 heavy (non-hydrogen) atoms. The molecule has 1 aliphatic heterocycles. The van der Waals surface area contributed by atoms with Gasteiger partial charge in [0.1, 0.15) is 5.82 Å². The fourth-order valence-electron chi connectivity index (χ4n) is 2.02. The molecule has 4 heteroatoms. The molecule has 0 aromatic carbocycles. The Bertz CT molecular complexity index is 340. The zero-order chi connectivity index (χ0) is 14.3. The van der Waals surface area contributed by atoms with Crippen LogP contribution >= 0.6 is 0 Å². The zero-order valence-corrected chi connectivity index (χ0v) is 13.0. The molecule has 0 radical (unpaired) electrons. The van der Waals surface area contributed by atoms with E-state index in [4.69, 9.17) is 0 Å². The molecular weight excluding hydrogens is 236 g/mol. The first kappa shape index (κ1) is 15.8. The summed E-state index contributed by atoms with van der Waals surface area (Å²) in [5, 5.41) is 3.30. The standard InChI is InChI=1S/C13H22N4.C2H6/c1-11(2)15-13-5-4-12(10-14-13)17-8-6-16(3)7-9-17;1-2/h4-5,10-11H,6-9H2,1-3H3,(H,14,15);1-2H3. The van der Waals surface area contributed by atoms with E-state index in [1.807, 2.05) is 20.0 Å². The van der Waals surface area contributed by atoms with Crippen LogP contribution < -0.4 is 10.2 Å². The molecule has 0 bridgehead atoms. The first-order valence-corrected chi connectivity index (χ1v) is 7.31. The number of nitrogens with one attached hydrogen (secondary N) is 1. The van der Waals surface area contributed by atoms with E-state index >= 15 is 0 Å². The van der Waals surface area contributed by atoms with Crippen LogP contribution in [0.2, 0.25) is 0 Å². The highest BCUT2D eigenvalue weighted by Gasteiger charge is 2.14. The van der Waals surface area contributed by atoms with Gasteiger partial charge in [0.05, 0.1) is 11.9 Å². The molecule has 1 aromatic heterocycles. The summed E-state index contributed by atoms with van der Waals surface area (Å²) in [6.07, 6.45) is 1.97. The van der Waals surface area contributed by atoms with Gasteiger partial charge in [0, 0.05) is 32.2 Å². The Hall–Kier alpha value is -1.29. The molecule has 0 amide bonds. The summed E-state index contributed by atoms with van der Waals surface area (Å²) in [5.74, 6) is 0.956. The highest BCUT2D eigenvalue weighted by atomic mass is 15.2. The van der Waals surface area contributed by atoms with Crippen molar-refractivity contribution in [2.24, 2.45) is 0 Å². The normalized spacial score (nSPS) is 16.0. The van der Waals surface area contributed by atoms with Crippen LogP contribution in [-0.4, -0.2) is 49.2 Å². The van der Waals surface area contributed by atoms with Crippen LogP contribution in [0.1, 0.15) is 27.7 Å². The van der Waals surface area contributed by atoms with Gasteiger partial charge in [-0.25, -0.2) is 4.98 Å². The van der Waals surface area contributed by atoms with Gasteiger partial charge in [-0.05, 0) is 33.0 Å². The number of pyridine rings is 1. The average molecular weight is 264 g/mol. The van der Waals surface area contributed by atoms with E-state index in [1.54, 1.807) is 0 Å². The van der Waals surface area contributed by atoms with Gasteiger partial charge in [-0.1, -0.05) is 13.8 Å². The Morgan fingerprint density at radius 2 is 1.74 bits per heavy atom.